The zero-order chi connectivity index (χ0) is 17.0. The summed E-state index contributed by atoms with van der Waals surface area (Å²) in [5.41, 5.74) is -0.276. The van der Waals surface area contributed by atoms with E-state index in [0.29, 0.717) is 37.4 Å². The van der Waals surface area contributed by atoms with Gasteiger partial charge in [-0.1, -0.05) is 12.1 Å². The molecule has 0 heterocycles. The number of carbonyl (C=O) groups excluding carboxylic acids is 2. The molecule has 0 atom stereocenters. The number of para-hydroxylation sites is 2. The second-order valence-electron chi connectivity index (χ2n) is 6.18. The summed E-state index contributed by atoms with van der Waals surface area (Å²) in [6.45, 7) is 8.98. The molecule has 126 valence electrons. The molecule has 5 nitrogen and oxygen atoms in total. The number of anilines is 1. The fraction of sp³-hybridized carbons (Fsp3) is 0.556. The number of amides is 2. The summed E-state index contributed by atoms with van der Waals surface area (Å²) in [7, 11) is 0. The van der Waals surface area contributed by atoms with E-state index in [2.05, 4.69) is 5.32 Å². The lowest BCUT2D eigenvalue weighted by Gasteiger charge is -2.24. The summed E-state index contributed by atoms with van der Waals surface area (Å²) >= 11 is 0. The van der Waals surface area contributed by atoms with Gasteiger partial charge in [0.2, 0.25) is 11.8 Å². The van der Waals surface area contributed by atoms with E-state index in [4.69, 9.17) is 4.74 Å². The number of benzene rings is 1. The van der Waals surface area contributed by atoms with Crippen molar-refractivity contribution in [1.29, 1.82) is 0 Å². The Morgan fingerprint density at radius 2 is 1.83 bits per heavy atom. The molecule has 0 aromatic heterocycles. The van der Waals surface area contributed by atoms with Gasteiger partial charge in [-0.25, -0.2) is 0 Å². The minimum absolute atomic E-state index is 0.0141. The molecule has 1 aromatic carbocycles. The van der Waals surface area contributed by atoms with Crippen molar-refractivity contribution in [3.8, 4) is 5.75 Å². The fourth-order valence-electron chi connectivity index (χ4n) is 2.65. The van der Waals surface area contributed by atoms with Gasteiger partial charge in [-0.2, -0.15) is 0 Å². The average Bonchev–Trinajstić information content (AvgIpc) is 3.31. The Bertz CT molecular complexity index is 575. The summed E-state index contributed by atoms with van der Waals surface area (Å²) < 4.78 is 5.72. The second kappa shape index (κ2) is 7.02. The Kier molecular flexibility index (Phi) is 5.29. The maximum atomic E-state index is 12.7. The van der Waals surface area contributed by atoms with E-state index in [9.17, 15) is 9.59 Å². The van der Waals surface area contributed by atoms with Crippen LogP contribution in [0.3, 0.4) is 0 Å². The van der Waals surface area contributed by atoms with Crippen molar-refractivity contribution >= 4 is 17.5 Å². The number of ether oxygens (including phenoxy) is 1. The van der Waals surface area contributed by atoms with Crippen molar-refractivity contribution in [3.63, 3.8) is 0 Å². The first kappa shape index (κ1) is 17.3. The van der Waals surface area contributed by atoms with Gasteiger partial charge in [-0.3, -0.25) is 9.59 Å². The first-order chi connectivity index (χ1) is 10.9. The molecule has 5 heteroatoms. The first-order valence-corrected chi connectivity index (χ1v) is 8.31. The predicted molar refractivity (Wildman–Crippen MR) is 90.4 cm³/mol. The van der Waals surface area contributed by atoms with Crippen LogP contribution in [0.25, 0.3) is 0 Å². The molecule has 2 rings (SSSR count). The smallest absolute Gasteiger partial charge is 0.240 e. The number of hydrogen-bond acceptors (Lipinski definition) is 3. The standard InChI is InChI=1S/C18H26N2O3/c1-5-20(6-2)17(22)18(11-12-18)16(21)19-14-9-7-8-10-15(14)23-13(3)4/h7-10,13H,5-6,11-12H2,1-4H3,(H,19,21). The second-order valence-corrected chi connectivity index (χ2v) is 6.18. The lowest BCUT2D eigenvalue weighted by atomic mass is 10.0. The Morgan fingerprint density at radius 1 is 1.22 bits per heavy atom. The van der Waals surface area contributed by atoms with Crippen molar-refractivity contribution in [1.82, 2.24) is 4.90 Å². The van der Waals surface area contributed by atoms with Crippen molar-refractivity contribution in [2.75, 3.05) is 18.4 Å². The summed E-state index contributed by atoms with van der Waals surface area (Å²) in [6.07, 6.45) is 1.24. The van der Waals surface area contributed by atoms with Crippen LogP contribution in [0, 0.1) is 5.41 Å². The highest BCUT2D eigenvalue weighted by molar-refractivity contribution is 6.13. The highest BCUT2D eigenvalue weighted by Crippen LogP contribution is 2.48. The summed E-state index contributed by atoms with van der Waals surface area (Å²) in [6, 6.07) is 7.32. The highest BCUT2D eigenvalue weighted by Gasteiger charge is 2.57. The van der Waals surface area contributed by atoms with Crippen molar-refractivity contribution in [3.05, 3.63) is 24.3 Å². The van der Waals surface area contributed by atoms with E-state index in [-0.39, 0.29) is 17.9 Å². The van der Waals surface area contributed by atoms with Crippen LogP contribution in [0.5, 0.6) is 5.75 Å². The van der Waals surface area contributed by atoms with Gasteiger partial charge < -0.3 is 15.0 Å². The third kappa shape index (κ3) is 3.66. The van der Waals surface area contributed by atoms with Gasteiger partial charge in [0, 0.05) is 13.1 Å². The molecule has 0 aliphatic heterocycles. The summed E-state index contributed by atoms with van der Waals surface area (Å²) in [5.74, 6) is 0.332. The van der Waals surface area contributed by atoms with Crippen molar-refractivity contribution in [2.24, 2.45) is 5.41 Å². The quantitative estimate of drug-likeness (QED) is 0.786. The highest BCUT2D eigenvalue weighted by atomic mass is 16.5. The number of hydrogen-bond donors (Lipinski definition) is 1. The lowest BCUT2D eigenvalue weighted by Crippen LogP contribution is -2.42. The molecule has 0 bridgehead atoms. The molecular weight excluding hydrogens is 292 g/mol. The van der Waals surface area contributed by atoms with E-state index in [0.717, 1.165) is 0 Å². The molecule has 0 radical (unpaired) electrons. The third-order valence-corrected chi connectivity index (χ3v) is 4.14. The van der Waals surface area contributed by atoms with Gasteiger partial charge in [-0.15, -0.1) is 0 Å². The minimum Gasteiger partial charge on any atom is -0.489 e. The molecule has 1 saturated carbocycles. The van der Waals surface area contributed by atoms with Crippen LogP contribution in [0.4, 0.5) is 5.69 Å². The maximum Gasteiger partial charge on any atom is 0.240 e. The third-order valence-electron chi connectivity index (χ3n) is 4.14. The van der Waals surface area contributed by atoms with E-state index < -0.39 is 5.41 Å². The van der Waals surface area contributed by atoms with E-state index >= 15 is 0 Å². The van der Waals surface area contributed by atoms with Gasteiger partial charge in [0.05, 0.1) is 11.8 Å². The zero-order valence-corrected chi connectivity index (χ0v) is 14.4. The molecule has 0 saturated heterocycles. The molecule has 0 spiro atoms. The normalized spacial score (nSPS) is 15.2. The molecule has 0 unspecified atom stereocenters. The van der Waals surface area contributed by atoms with Gasteiger partial charge in [0.25, 0.3) is 0 Å². The van der Waals surface area contributed by atoms with Crippen LogP contribution >= 0.6 is 0 Å². The molecule has 2 amide bonds. The Balaban J connectivity index is 2.15. The number of nitrogens with zero attached hydrogens (tertiary/aromatic N) is 1. The van der Waals surface area contributed by atoms with Gasteiger partial charge >= 0.3 is 0 Å². The van der Waals surface area contributed by atoms with Crippen LogP contribution in [0.15, 0.2) is 24.3 Å². The van der Waals surface area contributed by atoms with Crippen molar-refractivity contribution in [2.45, 2.75) is 46.6 Å². The lowest BCUT2D eigenvalue weighted by molar-refractivity contribution is -0.141. The van der Waals surface area contributed by atoms with Gasteiger partial charge in [-0.05, 0) is 52.7 Å². The van der Waals surface area contributed by atoms with Crippen LogP contribution in [-0.2, 0) is 9.59 Å². The monoisotopic (exact) mass is 318 g/mol. The van der Waals surface area contributed by atoms with Gasteiger partial charge in [0.1, 0.15) is 11.2 Å². The van der Waals surface area contributed by atoms with Gasteiger partial charge in [0.15, 0.2) is 0 Å². The number of carbonyl (C=O) groups is 2. The zero-order valence-electron chi connectivity index (χ0n) is 14.4. The van der Waals surface area contributed by atoms with E-state index in [1.807, 2.05) is 45.9 Å². The molecule has 1 aliphatic carbocycles. The SMILES string of the molecule is CCN(CC)C(=O)C1(C(=O)Nc2ccccc2OC(C)C)CC1. The largest absolute Gasteiger partial charge is 0.489 e. The van der Waals surface area contributed by atoms with Crippen molar-refractivity contribution < 1.29 is 14.3 Å². The molecular formula is C18H26N2O3. The predicted octanol–water partition coefficient (Wildman–Crippen LogP) is 3.06. The molecule has 23 heavy (non-hydrogen) atoms. The fourth-order valence-corrected chi connectivity index (χ4v) is 2.65. The van der Waals surface area contributed by atoms with Crippen LogP contribution in [0.1, 0.15) is 40.5 Å². The topological polar surface area (TPSA) is 58.6 Å². The van der Waals surface area contributed by atoms with Crippen LogP contribution in [0.2, 0.25) is 0 Å². The summed E-state index contributed by atoms with van der Waals surface area (Å²) in [5, 5.41) is 2.89. The van der Waals surface area contributed by atoms with Crippen LogP contribution in [-0.4, -0.2) is 35.9 Å². The number of nitrogens with one attached hydrogen (secondary N) is 1. The van der Waals surface area contributed by atoms with Crippen LogP contribution < -0.4 is 10.1 Å². The summed E-state index contributed by atoms with van der Waals surface area (Å²) in [4.78, 5) is 27.0. The number of rotatable bonds is 7. The maximum absolute atomic E-state index is 12.7. The Hall–Kier alpha value is -2.04. The molecule has 1 aliphatic rings. The first-order valence-electron chi connectivity index (χ1n) is 8.31. The minimum atomic E-state index is -0.892. The van der Waals surface area contributed by atoms with E-state index in [1.165, 1.54) is 0 Å². The van der Waals surface area contributed by atoms with E-state index in [1.54, 1.807) is 11.0 Å². The average molecular weight is 318 g/mol. The Morgan fingerprint density at radius 3 is 2.35 bits per heavy atom. The molecule has 1 aromatic rings. The molecule has 1 fully saturated rings. The Labute approximate surface area is 138 Å². The molecule has 1 N–H and O–H groups in total.